The van der Waals surface area contributed by atoms with E-state index in [1.54, 1.807) is 12.8 Å². The summed E-state index contributed by atoms with van der Waals surface area (Å²) >= 11 is 4.92. The first-order valence-corrected chi connectivity index (χ1v) is 9.32. The SMILES string of the molecule is PC1C[C@@]23CC[C@H]4C(CCC[C@@H]4S)[C@@H]2CCC1C3. The second kappa shape index (κ2) is 4.39. The van der Waals surface area contributed by atoms with E-state index in [0.717, 1.165) is 40.0 Å². The van der Waals surface area contributed by atoms with E-state index in [1.807, 2.05) is 0 Å². The van der Waals surface area contributed by atoms with Gasteiger partial charge in [0, 0.05) is 5.25 Å². The Morgan fingerprint density at radius 3 is 2.72 bits per heavy atom. The van der Waals surface area contributed by atoms with Gasteiger partial charge in [-0.2, -0.15) is 12.6 Å². The van der Waals surface area contributed by atoms with Gasteiger partial charge in [0.15, 0.2) is 0 Å². The smallest absolute Gasteiger partial charge is 0.00478 e. The van der Waals surface area contributed by atoms with Crippen molar-refractivity contribution in [3.8, 4) is 0 Å². The summed E-state index contributed by atoms with van der Waals surface area (Å²) < 4.78 is 0. The van der Waals surface area contributed by atoms with Crippen LogP contribution in [0.1, 0.15) is 57.8 Å². The molecule has 4 aliphatic rings. The monoisotopic (exact) mass is 282 g/mol. The first-order chi connectivity index (χ1) is 8.70. The maximum Gasteiger partial charge on any atom is 0.00478 e. The average molecular weight is 282 g/mol. The van der Waals surface area contributed by atoms with E-state index >= 15 is 0 Å². The Balaban J connectivity index is 1.64. The van der Waals surface area contributed by atoms with Crippen molar-refractivity contribution in [1.29, 1.82) is 0 Å². The van der Waals surface area contributed by atoms with Crippen molar-refractivity contribution in [3.63, 3.8) is 0 Å². The van der Waals surface area contributed by atoms with Crippen LogP contribution in [-0.2, 0) is 0 Å². The molecule has 18 heavy (non-hydrogen) atoms. The van der Waals surface area contributed by atoms with Crippen molar-refractivity contribution in [2.75, 3.05) is 0 Å². The van der Waals surface area contributed by atoms with Crippen molar-refractivity contribution in [2.24, 2.45) is 29.1 Å². The number of thiol groups is 1. The minimum absolute atomic E-state index is 0.729. The highest BCUT2D eigenvalue weighted by Gasteiger charge is 2.57. The molecular weight excluding hydrogens is 255 g/mol. The van der Waals surface area contributed by atoms with Crippen LogP contribution in [0.2, 0.25) is 0 Å². The molecule has 4 unspecified atom stereocenters. The number of fused-ring (bicyclic) bond motifs is 3. The zero-order valence-electron chi connectivity index (χ0n) is 11.4. The minimum atomic E-state index is 0.729. The molecule has 0 N–H and O–H groups in total. The average Bonchev–Trinajstić information content (AvgIpc) is 2.60. The Kier molecular flexibility index (Phi) is 3.05. The number of rotatable bonds is 0. The predicted molar refractivity (Wildman–Crippen MR) is 84.2 cm³/mol. The zero-order chi connectivity index (χ0) is 12.3. The largest absolute Gasteiger partial charge is 0.176 e. The maximum atomic E-state index is 4.92. The highest BCUT2D eigenvalue weighted by Crippen LogP contribution is 2.66. The van der Waals surface area contributed by atoms with Crippen molar-refractivity contribution in [1.82, 2.24) is 0 Å². The fraction of sp³-hybridized carbons (Fsp3) is 1.00. The van der Waals surface area contributed by atoms with Gasteiger partial charge in [0.1, 0.15) is 0 Å². The standard InChI is InChI=1S/C16H27PS/c17-14-9-16-7-6-12-11(2-1-3-15(12)18)13(16)5-4-10(14)8-16/h10-15,18H,1-9,17H2/t10?,11?,12-,13-,14?,15-,16-/m0/s1. The lowest BCUT2D eigenvalue weighted by Crippen LogP contribution is -2.47. The molecule has 0 aromatic heterocycles. The summed E-state index contributed by atoms with van der Waals surface area (Å²) in [4.78, 5) is 0. The third-order valence-corrected chi connectivity index (χ3v) is 8.55. The highest BCUT2D eigenvalue weighted by molar-refractivity contribution is 7.81. The molecule has 4 aliphatic carbocycles. The molecular formula is C16H27PS. The van der Waals surface area contributed by atoms with Crippen LogP contribution in [0.3, 0.4) is 0 Å². The summed E-state index contributed by atoms with van der Waals surface area (Å²) in [6, 6.07) is 0. The molecule has 8 atom stereocenters. The molecule has 0 radical (unpaired) electrons. The molecule has 2 bridgehead atoms. The summed E-state index contributed by atoms with van der Waals surface area (Å²) in [5.41, 5.74) is 1.73. The van der Waals surface area contributed by atoms with Crippen LogP contribution in [0.15, 0.2) is 0 Å². The predicted octanol–water partition coefficient (Wildman–Crippen LogP) is 4.55. The highest BCUT2D eigenvalue weighted by atomic mass is 32.1. The molecule has 0 aromatic carbocycles. The van der Waals surface area contributed by atoms with E-state index in [-0.39, 0.29) is 0 Å². The first kappa shape index (κ1) is 12.5. The van der Waals surface area contributed by atoms with Gasteiger partial charge in [-0.15, -0.1) is 9.24 Å². The summed E-state index contributed by atoms with van der Waals surface area (Å²) in [5, 5.41) is 0.729. The lowest BCUT2D eigenvalue weighted by atomic mass is 9.51. The normalized spacial score (nSPS) is 59.0. The Morgan fingerprint density at radius 2 is 1.83 bits per heavy atom. The van der Waals surface area contributed by atoms with E-state index in [0.29, 0.717) is 0 Å². The van der Waals surface area contributed by atoms with E-state index in [1.165, 1.54) is 44.9 Å². The summed E-state index contributed by atoms with van der Waals surface area (Å²) in [5.74, 6) is 4.15. The quantitative estimate of drug-likeness (QED) is 0.489. The van der Waals surface area contributed by atoms with Crippen LogP contribution < -0.4 is 0 Å². The zero-order valence-corrected chi connectivity index (χ0v) is 13.4. The van der Waals surface area contributed by atoms with Gasteiger partial charge in [-0.1, -0.05) is 6.42 Å². The summed E-state index contributed by atoms with van der Waals surface area (Å²) in [6.07, 6.45) is 13.6. The van der Waals surface area contributed by atoms with Crippen molar-refractivity contribution in [2.45, 2.75) is 68.7 Å². The lowest BCUT2D eigenvalue weighted by Gasteiger charge is -2.55. The van der Waals surface area contributed by atoms with Gasteiger partial charge in [-0.3, -0.25) is 0 Å². The van der Waals surface area contributed by atoms with Gasteiger partial charge in [-0.05, 0) is 86.1 Å². The molecule has 0 saturated heterocycles. The van der Waals surface area contributed by atoms with Gasteiger partial charge in [0.2, 0.25) is 0 Å². The summed E-state index contributed by atoms with van der Waals surface area (Å²) in [7, 11) is 3.18. The van der Waals surface area contributed by atoms with Crippen LogP contribution >= 0.6 is 21.9 Å². The molecule has 0 amide bonds. The Hall–Kier alpha value is 0.780. The maximum absolute atomic E-state index is 4.92. The molecule has 0 heterocycles. The van der Waals surface area contributed by atoms with Gasteiger partial charge < -0.3 is 0 Å². The molecule has 0 aliphatic heterocycles. The third-order valence-electron chi connectivity index (χ3n) is 7.13. The van der Waals surface area contributed by atoms with Crippen LogP contribution in [0.5, 0.6) is 0 Å². The van der Waals surface area contributed by atoms with Gasteiger partial charge in [-0.25, -0.2) is 0 Å². The molecule has 2 heteroatoms. The third kappa shape index (κ3) is 1.69. The van der Waals surface area contributed by atoms with Crippen LogP contribution in [-0.4, -0.2) is 10.9 Å². The molecule has 102 valence electrons. The van der Waals surface area contributed by atoms with Crippen molar-refractivity contribution >= 4 is 21.9 Å². The minimum Gasteiger partial charge on any atom is -0.176 e. The second-order valence-corrected chi connectivity index (χ2v) is 9.26. The second-order valence-electron chi connectivity index (χ2n) is 7.74. The summed E-state index contributed by atoms with van der Waals surface area (Å²) in [6.45, 7) is 0. The van der Waals surface area contributed by atoms with Gasteiger partial charge in [0.05, 0.1) is 0 Å². The van der Waals surface area contributed by atoms with E-state index < -0.39 is 0 Å². The molecule has 4 rings (SSSR count). The number of hydrogen-bond donors (Lipinski definition) is 1. The molecule has 0 aromatic rings. The van der Waals surface area contributed by atoms with Crippen molar-refractivity contribution in [3.05, 3.63) is 0 Å². The van der Waals surface area contributed by atoms with E-state index in [9.17, 15) is 0 Å². The van der Waals surface area contributed by atoms with Crippen molar-refractivity contribution < 1.29 is 0 Å². The first-order valence-electron chi connectivity index (χ1n) is 8.13. The fourth-order valence-corrected chi connectivity index (χ4v) is 7.76. The number of hydrogen-bond acceptors (Lipinski definition) is 1. The van der Waals surface area contributed by atoms with Crippen LogP contribution in [0, 0.1) is 29.1 Å². The Labute approximate surface area is 120 Å². The molecule has 1 spiro atoms. The van der Waals surface area contributed by atoms with Gasteiger partial charge >= 0.3 is 0 Å². The van der Waals surface area contributed by atoms with Gasteiger partial charge in [0.25, 0.3) is 0 Å². The fourth-order valence-electron chi connectivity index (χ4n) is 6.41. The lowest BCUT2D eigenvalue weighted by molar-refractivity contribution is -0.0352. The molecule has 4 saturated carbocycles. The Morgan fingerprint density at radius 1 is 0.944 bits per heavy atom. The van der Waals surface area contributed by atoms with E-state index in [2.05, 4.69) is 9.24 Å². The van der Waals surface area contributed by atoms with Crippen LogP contribution in [0.4, 0.5) is 0 Å². The molecule has 4 fully saturated rings. The molecule has 0 nitrogen and oxygen atoms in total. The van der Waals surface area contributed by atoms with Crippen LogP contribution in [0.25, 0.3) is 0 Å². The topological polar surface area (TPSA) is 0 Å². The van der Waals surface area contributed by atoms with E-state index in [4.69, 9.17) is 12.6 Å². The Bertz CT molecular complexity index is 340.